The molecule has 0 atom stereocenters. The summed E-state index contributed by atoms with van der Waals surface area (Å²) in [5.41, 5.74) is 8.03. The zero-order valence-corrected chi connectivity index (χ0v) is 12.1. The first-order valence-corrected chi connectivity index (χ1v) is 7.53. The van der Waals surface area contributed by atoms with Gasteiger partial charge in [0.2, 0.25) is 0 Å². The second-order valence-corrected chi connectivity index (χ2v) is 7.74. The van der Waals surface area contributed by atoms with E-state index in [1.807, 2.05) is 30.0 Å². The van der Waals surface area contributed by atoms with Crippen molar-refractivity contribution in [3.8, 4) is 0 Å². The van der Waals surface area contributed by atoms with E-state index in [-0.39, 0.29) is 0 Å². The molecule has 0 aliphatic heterocycles. The molecule has 0 saturated heterocycles. The van der Waals surface area contributed by atoms with Gasteiger partial charge in [-0.3, -0.25) is 0 Å². The second-order valence-electron chi connectivity index (χ2n) is 5.37. The Morgan fingerprint density at radius 2 is 2.12 bits per heavy atom. The van der Waals surface area contributed by atoms with E-state index >= 15 is 0 Å². The lowest BCUT2D eigenvalue weighted by atomic mass is 9.94. The number of benzene rings is 1. The van der Waals surface area contributed by atoms with Crippen LogP contribution >= 0.6 is 23.1 Å². The van der Waals surface area contributed by atoms with E-state index in [1.54, 1.807) is 11.3 Å². The Morgan fingerprint density at radius 3 is 2.82 bits per heavy atom. The first-order chi connectivity index (χ1) is 7.94. The van der Waals surface area contributed by atoms with E-state index in [0.29, 0.717) is 5.41 Å². The summed E-state index contributed by atoms with van der Waals surface area (Å²) < 4.78 is 2.33. The fourth-order valence-electron chi connectivity index (χ4n) is 1.43. The lowest BCUT2D eigenvalue weighted by Crippen LogP contribution is -2.05. The molecule has 2 N–H and O–H groups in total. The Bertz CT molecular complexity index is 512. The summed E-state index contributed by atoms with van der Waals surface area (Å²) in [7, 11) is 0. The van der Waals surface area contributed by atoms with Crippen LogP contribution in [0.2, 0.25) is 0 Å². The molecule has 0 radical (unpaired) electrons. The topological polar surface area (TPSA) is 38.9 Å². The van der Waals surface area contributed by atoms with Gasteiger partial charge in [-0.2, -0.15) is 0 Å². The van der Waals surface area contributed by atoms with Gasteiger partial charge in [-0.15, -0.1) is 11.3 Å². The number of hydrogen-bond donors (Lipinski definition) is 1. The highest BCUT2D eigenvalue weighted by atomic mass is 32.2. The van der Waals surface area contributed by atoms with Gasteiger partial charge in [0, 0.05) is 11.4 Å². The molecule has 92 valence electrons. The largest absolute Gasteiger partial charge is 0.399 e. The maximum atomic E-state index is 5.76. The summed E-state index contributed by atoms with van der Waals surface area (Å²) in [6.07, 6.45) is 1.20. The summed E-state index contributed by atoms with van der Waals surface area (Å²) in [4.78, 5) is 4.60. The minimum Gasteiger partial charge on any atom is -0.399 e. The molecule has 1 aromatic heterocycles. The van der Waals surface area contributed by atoms with Gasteiger partial charge in [-0.1, -0.05) is 32.5 Å². The van der Waals surface area contributed by atoms with Gasteiger partial charge < -0.3 is 5.73 Å². The predicted molar refractivity (Wildman–Crippen MR) is 78.8 cm³/mol. The zero-order chi connectivity index (χ0) is 12.5. The van der Waals surface area contributed by atoms with E-state index in [4.69, 9.17) is 5.73 Å². The highest BCUT2D eigenvalue weighted by Crippen LogP contribution is 2.32. The smallest absolute Gasteiger partial charge is 0.151 e. The molecule has 0 fully saturated rings. The molecular weight excluding hydrogens is 248 g/mol. The number of rotatable bonds is 3. The van der Waals surface area contributed by atoms with Crippen molar-refractivity contribution in [1.82, 2.24) is 4.98 Å². The molecule has 2 nitrogen and oxygen atoms in total. The summed E-state index contributed by atoms with van der Waals surface area (Å²) in [6, 6.07) is 5.90. The van der Waals surface area contributed by atoms with Gasteiger partial charge in [-0.05, 0) is 30.0 Å². The normalized spacial score (nSPS) is 12.2. The Labute approximate surface area is 111 Å². The Kier molecular flexibility index (Phi) is 3.64. The van der Waals surface area contributed by atoms with Crippen molar-refractivity contribution in [3.05, 3.63) is 18.2 Å². The van der Waals surface area contributed by atoms with E-state index in [1.165, 1.54) is 11.1 Å². The van der Waals surface area contributed by atoms with E-state index in [9.17, 15) is 0 Å². The van der Waals surface area contributed by atoms with Crippen LogP contribution in [0.1, 0.15) is 27.2 Å². The van der Waals surface area contributed by atoms with Crippen molar-refractivity contribution < 1.29 is 0 Å². The summed E-state index contributed by atoms with van der Waals surface area (Å²) >= 11 is 3.58. The average Bonchev–Trinajstić information content (AvgIpc) is 2.57. The van der Waals surface area contributed by atoms with Crippen molar-refractivity contribution in [2.45, 2.75) is 31.5 Å². The van der Waals surface area contributed by atoms with Crippen LogP contribution in [0.4, 0.5) is 5.69 Å². The lowest BCUT2D eigenvalue weighted by Gasteiger charge is -2.16. The molecule has 0 aliphatic carbocycles. The number of nitrogen functional groups attached to an aromatic ring is 1. The summed E-state index contributed by atoms with van der Waals surface area (Å²) in [5, 5.41) is 0. The summed E-state index contributed by atoms with van der Waals surface area (Å²) in [5.74, 6) is 1.12. The van der Waals surface area contributed by atoms with Crippen molar-refractivity contribution in [2.75, 3.05) is 11.5 Å². The molecule has 0 bridgehead atoms. The Morgan fingerprint density at radius 1 is 1.35 bits per heavy atom. The lowest BCUT2D eigenvalue weighted by molar-refractivity contribution is 0.401. The van der Waals surface area contributed by atoms with Crippen LogP contribution < -0.4 is 5.73 Å². The fraction of sp³-hybridized carbons (Fsp3) is 0.462. The van der Waals surface area contributed by atoms with E-state index < -0.39 is 0 Å². The molecule has 2 rings (SSSR count). The van der Waals surface area contributed by atoms with E-state index in [2.05, 4.69) is 25.8 Å². The number of aromatic nitrogens is 1. The van der Waals surface area contributed by atoms with Crippen molar-refractivity contribution in [3.63, 3.8) is 0 Å². The number of anilines is 1. The fourth-order valence-corrected chi connectivity index (χ4v) is 3.98. The molecule has 17 heavy (non-hydrogen) atoms. The molecule has 4 heteroatoms. The molecule has 0 spiro atoms. The third-order valence-electron chi connectivity index (χ3n) is 2.47. The molecule has 0 aliphatic rings. The van der Waals surface area contributed by atoms with Crippen LogP contribution in [0.3, 0.4) is 0 Å². The predicted octanol–water partition coefficient (Wildman–Crippen LogP) is 4.41. The van der Waals surface area contributed by atoms with Gasteiger partial charge in [0.15, 0.2) is 4.34 Å². The van der Waals surface area contributed by atoms with Crippen molar-refractivity contribution >= 4 is 39.0 Å². The SMILES string of the molecule is CC(C)(C)CCSc1nc2ccc(N)cc2s1. The van der Waals surface area contributed by atoms with Crippen LogP contribution in [0.5, 0.6) is 0 Å². The third kappa shape index (κ3) is 3.61. The molecule has 0 amide bonds. The number of thioether (sulfide) groups is 1. The Hall–Kier alpha value is -0.740. The third-order valence-corrected chi connectivity index (χ3v) is 4.63. The van der Waals surface area contributed by atoms with Crippen LogP contribution in [0.25, 0.3) is 10.2 Å². The van der Waals surface area contributed by atoms with Crippen LogP contribution in [0, 0.1) is 5.41 Å². The number of fused-ring (bicyclic) bond motifs is 1. The van der Waals surface area contributed by atoms with Gasteiger partial charge in [0.25, 0.3) is 0 Å². The Balaban J connectivity index is 2.05. The quantitative estimate of drug-likeness (QED) is 0.661. The highest BCUT2D eigenvalue weighted by molar-refractivity contribution is 8.01. The number of nitrogens with two attached hydrogens (primary N) is 1. The van der Waals surface area contributed by atoms with Crippen molar-refractivity contribution in [1.29, 1.82) is 0 Å². The number of thiazole rings is 1. The molecule has 0 unspecified atom stereocenters. The van der Waals surface area contributed by atoms with Gasteiger partial charge in [0.1, 0.15) is 0 Å². The number of hydrogen-bond acceptors (Lipinski definition) is 4. The van der Waals surface area contributed by atoms with Gasteiger partial charge >= 0.3 is 0 Å². The van der Waals surface area contributed by atoms with Crippen LogP contribution in [-0.4, -0.2) is 10.7 Å². The zero-order valence-electron chi connectivity index (χ0n) is 10.5. The van der Waals surface area contributed by atoms with Crippen LogP contribution in [0.15, 0.2) is 22.5 Å². The maximum Gasteiger partial charge on any atom is 0.151 e. The number of nitrogens with zero attached hydrogens (tertiary/aromatic N) is 1. The second kappa shape index (κ2) is 4.86. The first kappa shape index (κ1) is 12.7. The highest BCUT2D eigenvalue weighted by Gasteiger charge is 2.11. The minimum absolute atomic E-state index is 0.397. The molecule has 1 aromatic carbocycles. The molecule has 1 heterocycles. The van der Waals surface area contributed by atoms with Crippen LogP contribution in [-0.2, 0) is 0 Å². The van der Waals surface area contributed by atoms with Crippen molar-refractivity contribution in [2.24, 2.45) is 5.41 Å². The average molecular weight is 266 g/mol. The summed E-state index contributed by atoms with van der Waals surface area (Å²) in [6.45, 7) is 6.81. The molecule has 0 saturated carbocycles. The molecular formula is C13H18N2S2. The monoisotopic (exact) mass is 266 g/mol. The standard InChI is InChI=1S/C13H18N2S2/c1-13(2,3)6-7-16-12-15-10-5-4-9(14)8-11(10)17-12/h4-5,8H,6-7,14H2,1-3H3. The maximum absolute atomic E-state index is 5.76. The van der Waals surface area contributed by atoms with Gasteiger partial charge in [0.05, 0.1) is 10.2 Å². The first-order valence-electron chi connectivity index (χ1n) is 5.73. The van der Waals surface area contributed by atoms with E-state index in [0.717, 1.165) is 21.3 Å². The van der Waals surface area contributed by atoms with Gasteiger partial charge in [-0.25, -0.2) is 4.98 Å². The minimum atomic E-state index is 0.397. The molecule has 2 aromatic rings.